The van der Waals surface area contributed by atoms with Crippen molar-refractivity contribution in [3.63, 3.8) is 0 Å². The first-order chi connectivity index (χ1) is 8.16. The molecule has 0 amide bonds. The zero-order valence-corrected chi connectivity index (χ0v) is 10.4. The predicted molar refractivity (Wildman–Crippen MR) is 72.0 cm³/mol. The van der Waals surface area contributed by atoms with Crippen molar-refractivity contribution in [2.45, 2.75) is 37.8 Å². The molecular formula is C12H17N3OS. The van der Waals surface area contributed by atoms with E-state index in [0.717, 1.165) is 31.4 Å². The van der Waals surface area contributed by atoms with Gasteiger partial charge in [0.25, 0.3) is 0 Å². The zero-order valence-electron chi connectivity index (χ0n) is 9.60. The Labute approximate surface area is 106 Å². The van der Waals surface area contributed by atoms with Crippen LogP contribution < -0.4 is 11.1 Å². The van der Waals surface area contributed by atoms with E-state index >= 15 is 0 Å². The van der Waals surface area contributed by atoms with E-state index in [1.807, 2.05) is 6.07 Å². The van der Waals surface area contributed by atoms with Gasteiger partial charge in [0.05, 0.1) is 29.7 Å². The summed E-state index contributed by atoms with van der Waals surface area (Å²) in [6.45, 7) is 0. The van der Waals surface area contributed by atoms with Crippen molar-refractivity contribution in [3.8, 4) is 0 Å². The first kappa shape index (κ1) is 12.3. The number of pyridine rings is 1. The molecule has 5 heteroatoms. The second kappa shape index (κ2) is 5.42. The van der Waals surface area contributed by atoms with Crippen LogP contribution in [0.15, 0.2) is 18.3 Å². The maximum atomic E-state index is 9.85. The standard InChI is InChI=1S/C12H17N3OS/c13-12(17)10-6-5-8(7-14-10)15-9-3-1-2-4-11(9)16/h5-7,9,11,15-16H,1-4H2,(H2,13,17). The number of nitrogens with one attached hydrogen (secondary N) is 1. The summed E-state index contributed by atoms with van der Waals surface area (Å²) in [5.74, 6) is 0. The average Bonchev–Trinajstić information content (AvgIpc) is 2.33. The zero-order chi connectivity index (χ0) is 12.3. The SMILES string of the molecule is NC(=S)c1ccc(NC2CCCCC2O)cn1. The van der Waals surface area contributed by atoms with E-state index in [1.165, 1.54) is 0 Å². The molecule has 0 aromatic carbocycles. The number of thiocarbonyl (C=S) groups is 1. The predicted octanol–water partition coefficient (Wildman–Crippen LogP) is 1.43. The van der Waals surface area contributed by atoms with Gasteiger partial charge in [-0.25, -0.2) is 0 Å². The van der Waals surface area contributed by atoms with Crippen LogP contribution in [0.5, 0.6) is 0 Å². The highest BCUT2D eigenvalue weighted by Gasteiger charge is 2.22. The van der Waals surface area contributed by atoms with Gasteiger partial charge in [-0.1, -0.05) is 25.1 Å². The van der Waals surface area contributed by atoms with E-state index in [4.69, 9.17) is 18.0 Å². The Morgan fingerprint density at radius 1 is 1.41 bits per heavy atom. The molecule has 2 rings (SSSR count). The lowest BCUT2D eigenvalue weighted by molar-refractivity contribution is 0.116. The van der Waals surface area contributed by atoms with E-state index in [1.54, 1.807) is 12.3 Å². The van der Waals surface area contributed by atoms with Gasteiger partial charge in [0.2, 0.25) is 0 Å². The Hall–Kier alpha value is -1.20. The van der Waals surface area contributed by atoms with Gasteiger partial charge in [0.1, 0.15) is 4.99 Å². The lowest BCUT2D eigenvalue weighted by atomic mass is 9.92. The minimum Gasteiger partial charge on any atom is -0.391 e. The molecule has 0 radical (unpaired) electrons. The highest BCUT2D eigenvalue weighted by Crippen LogP contribution is 2.21. The number of hydrogen-bond donors (Lipinski definition) is 3. The van der Waals surface area contributed by atoms with Gasteiger partial charge in [-0.3, -0.25) is 4.98 Å². The highest BCUT2D eigenvalue weighted by atomic mass is 32.1. The summed E-state index contributed by atoms with van der Waals surface area (Å²) in [5, 5.41) is 13.1. The van der Waals surface area contributed by atoms with Crippen molar-refractivity contribution >= 4 is 22.9 Å². The van der Waals surface area contributed by atoms with E-state index in [-0.39, 0.29) is 12.1 Å². The van der Waals surface area contributed by atoms with Gasteiger partial charge in [-0.15, -0.1) is 0 Å². The van der Waals surface area contributed by atoms with Crippen LogP contribution in [0.3, 0.4) is 0 Å². The number of aromatic nitrogens is 1. The number of rotatable bonds is 3. The lowest BCUT2D eigenvalue weighted by Crippen LogP contribution is -2.36. The molecule has 1 fully saturated rings. The molecule has 4 N–H and O–H groups in total. The second-order valence-corrected chi connectivity index (χ2v) is 4.84. The van der Waals surface area contributed by atoms with Gasteiger partial charge < -0.3 is 16.2 Å². The number of nitrogens with two attached hydrogens (primary N) is 1. The molecule has 0 aliphatic heterocycles. The minimum atomic E-state index is -0.265. The summed E-state index contributed by atoms with van der Waals surface area (Å²) in [7, 11) is 0. The smallest absolute Gasteiger partial charge is 0.122 e. The van der Waals surface area contributed by atoms with Crippen LogP contribution in [0.4, 0.5) is 5.69 Å². The van der Waals surface area contributed by atoms with Gasteiger partial charge in [0.15, 0.2) is 0 Å². The van der Waals surface area contributed by atoms with Gasteiger partial charge in [-0.05, 0) is 25.0 Å². The molecule has 0 spiro atoms. The molecule has 1 aliphatic rings. The maximum Gasteiger partial charge on any atom is 0.122 e. The van der Waals surface area contributed by atoms with Crippen molar-refractivity contribution in [2.75, 3.05) is 5.32 Å². The molecule has 0 bridgehead atoms. The molecule has 17 heavy (non-hydrogen) atoms. The van der Waals surface area contributed by atoms with Crippen molar-refractivity contribution < 1.29 is 5.11 Å². The molecule has 2 unspecified atom stereocenters. The summed E-state index contributed by atoms with van der Waals surface area (Å²) in [6, 6.07) is 3.81. The van der Waals surface area contributed by atoms with E-state index in [2.05, 4.69) is 10.3 Å². The van der Waals surface area contributed by atoms with Crippen molar-refractivity contribution in [3.05, 3.63) is 24.0 Å². The fourth-order valence-electron chi connectivity index (χ4n) is 2.12. The molecular weight excluding hydrogens is 234 g/mol. The van der Waals surface area contributed by atoms with Crippen LogP contribution in [0.25, 0.3) is 0 Å². The third kappa shape index (κ3) is 3.14. The van der Waals surface area contributed by atoms with Crippen molar-refractivity contribution in [2.24, 2.45) is 5.73 Å². The van der Waals surface area contributed by atoms with Crippen LogP contribution in [-0.2, 0) is 0 Å². The van der Waals surface area contributed by atoms with E-state index < -0.39 is 0 Å². The quantitative estimate of drug-likeness (QED) is 0.709. The first-order valence-corrected chi connectivity index (χ1v) is 6.28. The third-order valence-corrected chi connectivity index (χ3v) is 3.31. The number of nitrogens with zero attached hydrogens (tertiary/aromatic N) is 1. The van der Waals surface area contributed by atoms with E-state index in [9.17, 15) is 5.11 Å². The fourth-order valence-corrected chi connectivity index (χ4v) is 2.24. The van der Waals surface area contributed by atoms with Crippen LogP contribution in [-0.4, -0.2) is 27.2 Å². The van der Waals surface area contributed by atoms with Crippen LogP contribution >= 0.6 is 12.2 Å². The van der Waals surface area contributed by atoms with Crippen LogP contribution in [0.2, 0.25) is 0 Å². The largest absolute Gasteiger partial charge is 0.391 e. The Morgan fingerprint density at radius 2 is 2.18 bits per heavy atom. The normalized spacial score (nSPS) is 24.3. The topological polar surface area (TPSA) is 71.2 Å². The summed E-state index contributed by atoms with van der Waals surface area (Å²) in [5.41, 5.74) is 7.00. The molecule has 1 aromatic rings. The molecule has 1 aliphatic carbocycles. The molecule has 2 atom stereocenters. The maximum absolute atomic E-state index is 9.85. The molecule has 4 nitrogen and oxygen atoms in total. The molecule has 1 saturated carbocycles. The average molecular weight is 251 g/mol. The highest BCUT2D eigenvalue weighted by molar-refractivity contribution is 7.80. The monoisotopic (exact) mass is 251 g/mol. The lowest BCUT2D eigenvalue weighted by Gasteiger charge is -2.29. The molecule has 1 aromatic heterocycles. The van der Waals surface area contributed by atoms with Gasteiger partial charge in [-0.2, -0.15) is 0 Å². The van der Waals surface area contributed by atoms with E-state index in [0.29, 0.717) is 10.7 Å². The molecule has 0 saturated heterocycles. The van der Waals surface area contributed by atoms with Crippen LogP contribution in [0.1, 0.15) is 31.4 Å². The second-order valence-electron chi connectivity index (χ2n) is 4.40. The van der Waals surface area contributed by atoms with Crippen LogP contribution in [0, 0.1) is 0 Å². The number of aliphatic hydroxyl groups excluding tert-OH is 1. The summed E-state index contributed by atoms with van der Waals surface area (Å²) in [6.07, 6.45) is 5.58. The number of anilines is 1. The number of aliphatic hydroxyl groups is 1. The van der Waals surface area contributed by atoms with Crippen molar-refractivity contribution in [1.82, 2.24) is 4.98 Å². The Morgan fingerprint density at radius 3 is 2.76 bits per heavy atom. The number of hydrogen-bond acceptors (Lipinski definition) is 4. The van der Waals surface area contributed by atoms with Crippen molar-refractivity contribution in [1.29, 1.82) is 0 Å². The fraction of sp³-hybridized carbons (Fsp3) is 0.500. The molecule has 1 heterocycles. The Bertz CT molecular complexity index is 393. The van der Waals surface area contributed by atoms with Gasteiger partial charge in [0, 0.05) is 0 Å². The molecule has 92 valence electrons. The summed E-state index contributed by atoms with van der Waals surface area (Å²) >= 11 is 4.84. The summed E-state index contributed by atoms with van der Waals surface area (Å²) < 4.78 is 0. The van der Waals surface area contributed by atoms with Gasteiger partial charge >= 0.3 is 0 Å². The first-order valence-electron chi connectivity index (χ1n) is 5.87. The minimum absolute atomic E-state index is 0.126. The summed E-state index contributed by atoms with van der Waals surface area (Å²) in [4.78, 5) is 4.46. The third-order valence-electron chi connectivity index (χ3n) is 3.10. The Kier molecular flexibility index (Phi) is 3.91. The Balaban J connectivity index is 2.00.